The number of rotatable bonds is 5. The minimum atomic E-state index is -0.237. The summed E-state index contributed by atoms with van der Waals surface area (Å²) >= 11 is 7.67. The SMILES string of the molecule is CCn1cc(Cl)c(CN(C)C(=O)c2cc(-c3cccs3)on2)n1. The van der Waals surface area contributed by atoms with E-state index in [0.29, 0.717) is 23.0 Å². The molecule has 0 atom stereocenters. The summed E-state index contributed by atoms with van der Waals surface area (Å²) in [5, 5.41) is 10.7. The molecule has 23 heavy (non-hydrogen) atoms. The molecule has 0 aliphatic rings. The van der Waals surface area contributed by atoms with E-state index in [1.54, 1.807) is 24.0 Å². The summed E-state index contributed by atoms with van der Waals surface area (Å²) in [6.45, 7) is 3.01. The highest BCUT2D eigenvalue weighted by Crippen LogP contribution is 2.25. The van der Waals surface area contributed by atoms with Gasteiger partial charge in [0.2, 0.25) is 0 Å². The van der Waals surface area contributed by atoms with E-state index in [4.69, 9.17) is 16.1 Å². The van der Waals surface area contributed by atoms with E-state index >= 15 is 0 Å². The van der Waals surface area contributed by atoms with Gasteiger partial charge in [0.25, 0.3) is 5.91 Å². The Hall–Kier alpha value is -2.12. The van der Waals surface area contributed by atoms with Gasteiger partial charge in [0, 0.05) is 25.9 Å². The molecule has 0 spiro atoms. The van der Waals surface area contributed by atoms with E-state index in [1.165, 1.54) is 16.2 Å². The van der Waals surface area contributed by atoms with E-state index in [1.807, 2.05) is 24.4 Å². The van der Waals surface area contributed by atoms with Crippen LogP contribution in [0.4, 0.5) is 0 Å². The van der Waals surface area contributed by atoms with Crippen LogP contribution >= 0.6 is 22.9 Å². The Morgan fingerprint density at radius 2 is 2.35 bits per heavy atom. The third-order valence-corrected chi connectivity index (χ3v) is 4.54. The van der Waals surface area contributed by atoms with Crippen LogP contribution in [-0.2, 0) is 13.1 Å². The van der Waals surface area contributed by atoms with Gasteiger partial charge in [0.05, 0.1) is 16.4 Å². The second kappa shape index (κ2) is 6.55. The van der Waals surface area contributed by atoms with Gasteiger partial charge in [0.1, 0.15) is 5.69 Å². The third kappa shape index (κ3) is 3.30. The summed E-state index contributed by atoms with van der Waals surface area (Å²) in [4.78, 5) is 14.9. The van der Waals surface area contributed by atoms with Crippen LogP contribution in [0.2, 0.25) is 5.02 Å². The molecule has 0 aromatic carbocycles. The highest BCUT2D eigenvalue weighted by Gasteiger charge is 2.20. The number of carbonyl (C=O) groups excluding carboxylic acids is 1. The Bertz CT molecular complexity index is 809. The summed E-state index contributed by atoms with van der Waals surface area (Å²) in [5.41, 5.74) is 0.924. The van der Waals surface area contributed by atoms with E-state index in [-0.39, 0.29) is 11.6 Å². The maximum absolute atomic E-state index is 12.4. The fourth-order valence-corrected chi connectivity index (χ4v) is 2.99. The van der Waals surface area contributed by atoms with Crippen molar-refractivity contribution >= 4 is 28.8 Å². The molecule has 3 heterocycles. The molecule has 0 N–H and O–H groups in total. The molecule has 0 radical (unpaired) electrons. The maximum atomic E-state index is 12.4. The number of amides is 1. The van der Waals surface area contributed by atoms with E-state index in [9.17, 15) is 4.79 Å². The average Bonchev–Trinajstić information content (AvgIpc) is 3.27. The van der Waals surface area contributed by atoms with E-state index in [2.05, 4.69) is 10.3 Å². The first-order valence-corrected chi connectivity index (χ1v) is 8.32. The predicted octanol–water partition coefficient (Wildman–Crippen LogP) is 3.55. The van der Waals surface area contributed by atoms with E-state index in [0.717, 1.165) is 11.4 Å². The van der Waals surface area contributed by atoms with Crippen LogP contribution in [0.5, 0.6) is 0 Å². The fraction of sp³-hybridized carbons (Fsp3) is 0.267. The van der Waals surface area contributed by atoms with Gasteiger partial charge in [-0.15, -0.1) is 11.3 Å². The van der Waals surface area contributed by atoms with Crippen molar-refractivity contribution in [2.75, 3.05) is 7.05 Å². The van der Waals surface area contributed by atoms with Crippen molar-refractivity contribution in [1.82, 2.24) is 19.8 Å². The Balaban J connectivity index is 1.73. The Kier molecular flexibility index (Phi) is 4.49. The van der Waals surface area contributed by atoms with Crippen LogP contribution in [0.1, 0.15) is 23.1 Å². The molecule has 0 bridgehead atoms. The normalized spacial score (nSPS) is 10.9. The summed E-state index contributed by atoms with van der Waals surface area (Å²) in [5.74, 6) is 0.351. The minimum Gasteiger partial charge on any atom is -0.355 e. The van der Waals surface area contributed by atoms with Gasteiger partial charge < -0.3 is 9.42 Å². The smallest absolute Gasteiger partial charge is 0.276 e. The topological polar surface area (TPSA) is 64.2 Å². The first-order chi connectivity index (χ1) is 11.1. The Labute approximate surface area is 142 Å². The van der Waals surface area contributed by atoms with Gasteiger partial charge in [0.15, 0.2) is 11.5 Å². The van der Waals surface area contributed by atoms with Crippen LogP contribution in [0.3, 0.4) is 0 Å². The molecule has 0 aliphatic carbocycles. The molecular weight excluding hydrogens is 336 g/mol. The lowest BCUT2D eigenvalue weighted by molar-refractivity contribution is 0.0773. The molecule has 0 saturated heterocycles. The van der Waals surface area contributed by atoms with Crippen molar-refractivity contribution in [3.63, 3.8) is 0 Å². The first kappa shape index (κ1) is 15.8. The molecule has 1 amide bonds. The Morgan fingerprint density at radius 3 is 3.00 bits per heavy atom. The zero-order chi connectivity index (χ0) is 16.4. The number of thiophene rings is 1. The summed E-state index contributed by atoms with van der Waals surface area (Å²) in [6, 6.07) is 5.49. The Morgan fingerprint density at radius 1 is 1.52 bits per heavy atom. The van der Waals surface area contributed by atoms with Gasteiger partial charge in [-0.2, -0.15) is 5.10 Å². The number of nitrogens with zero attached hydrogens (tertiary/aromatic N) is 4. The van der Waals surface area contributed by atoms with E-state index < -0.39 is 0 Å². The first-order valence-electron chi connectivity index (χ1n) is 7.06. The zero-order valence-corrected chi connectivity index (χ0v) is 14.3. The minimum absolute atomic E-state index is 0.237. The largest absolute Gasteiger partial charge is 0.355 e. The average molecular weight is 351 g/mol. The summed E-state index contributed by atoms with van der Waals surface area (Å²) in [7, 11) is 1.68. The van der Waals surface area contributed by atoms with Crippen molar-refractivity contribution in [3.05, 3.63) is 46.2 Å². The molecule has 3 rings (SSSR count). The molecule has 0 fully saturated rings. The third-order valence-electron chi connectivity index (χ3n) is 3.34. The molecule has 3 aromatic rings. The maximum Gasteiger partial charge on any atom is 0.276 e. The molecule has 3 aromatic heterocycles. The second-order valence-corrected chi connectivity index (χ2v) is 6.35. The molecule has 0 unspecified atom stereocenters. The molecule has 0 aliphatic heterocycles. The lowest BCUT2D eigenvalue weighted by atomic mass is 10.3. The van der Waals surface area contributed by atoms with Crippen LogP contribution in [0, 0.1) is 0 Å². The van der Waals surface area contributed by atoms with Crippen LogP contribution < -0.4 is 0 Å². The summed E-state index contributed by atoms with van der Waals surface area (Å²) in [6.07, 6.45) is 1.75. The van der Waals surface area contributed by atoms with Gasteiger partial charge in [-0.25, -0.2) is 0 Å². The van der Waals surface area contributed by atoms with Crippen molar-refractivity contribution in [2.24, 2.45) is 0 Å². The highest BCUT2D eigenvalue weighted by molar-refractivity contribution is 7.13. The second-order valence-electron chi connectivity index (χ2n) is 4.99. The van der Waals surface area contributed by atoms with Crippen LogP contribution in [0.15, 0.2) is 34.3 Å². The van der Waals surface area contributed by atoms with Crippen LogP contribution in [0.25, 0.3) is 10.6 Å². The number of aromatic nitrogens is 3. The highest BCUT2D eigenvalue weighted by atomic mass is 35.5. The molecule has 120 valence electrons. The lowest BCUT2D eigenvalue weighted by Gasteiger charge is -2.14. The van der Waals surface area contributed by atoms with Crippen LogP contribution in [-0.4, -0.2) is 32.8 Å². The van der Waals surface area contributed by atoms with Crippen molar-refractivity contribution in [3.8, 4) is 10.6 Å². The van der Waals surface area contributed by atoms with Crippen molar-refractivity contribution in [1.29, 1.82) is 0 Å². The number of aryl methyl sites for hydroxylation is 1. The zero-order valence-electron chi connectivity index (χ0n) is 12.7. The van der Waals surface area contributed by atoms with Crippen molar-refractivity contribution in [2.45, 2.75) is 20.0 Å². The van der Waals surface area contributed by atoms with Crippen molar-refractivity contribution < 1.29 is 9.32 Å². The number of halogens is 1. The molecular formula is C15H15ClN4O2S. The molecule has 0 saturated carbocycles. The predicted molar refractivity (Wildman–Crippen MR) is 88.5 cm³/mol. The fourth-order valence-electron chi connectivity index (χ4n) is 2.11. The molecule has 6 nitrogen and oxygen atoms in total. The summed E-state index contributed by atoms with van der Waals surface area (Å²) < 4.78 is 6.98. The van der Waals surface area contributed by atoms with Gasteiger partial charge in [-0.05, 0) is 18.4 Å². The molecule has 8 heteroatoms. The lowest BCUT2D eigenvalue weighted by Crippen LogP contribution is -2.26. The number of carbonyl (C=O) groups is 1. The quantitative estimate of drug-likeness (QED) is 0.706. The standard InChI is InChI=1S/C15H15ClN4O2S/c1-3-20-8-10(16)12(17-20)9-19(2)15(21)11-7-13(22-18-11)14-5-4-6-23-14/h4-8H,3,9H2,1-2H3. The van der Waals surface area contributed by atoms with Gasteiger partial charge in [-0.1, -0.05) is 22.8 Å². The monoisotopic (exact) mass is 350 g/mol. The number of hydrogen-bond acceptors (Lipinski definition) is 5. The number of hydrogen-bond donors (Lipinski definition) is 0. The van der Waals surface area contributed by atoms with Gasteiger partial charge >= 0.3 is 0 Å². The van der Waals surface area contributed by atoms with Gasteiger partial charge in [-0.3, -0.25) is 9.48 Å².